The quantitative estimate of drug-likeness (QED) is 0.867. The molecule has 9 nitrogen and oxygen atoms in total. The third-order valence-corrected chi connectivity index (χ3v) is 3.04. The summed E-state index contributed by atoms with van der Waals surface area (Å²) in [7, 11) is 0. The summed E-state index contributed by atoms with van der Waals surface area (Å²) in [5.74, 6) is -0.629. The highest BCUT2D eigenvalue weighted by atomic mass is 16.6. The Bertz CT molecular complexity index is 618. The fourth-order valence-electron chi connectivity index (χ4n) is 2.05. The zero-order chi connectivity index (χ0) is 17.2. The number of imidazole rings is 1. The van der Waals surface area contributed by atoms with Crippen molar-refractivity contribution in [1.29, 1.82) is 0 Å². The van der Waals surface area contributed by atoms with Crippen LogP contribution in [-0.2, 0) is 20.7 Å². The zero-order valence-electron chi connectivity index (χ0n) is 13.2. The van der Waals surface area contributed by atoms with Gasteiger partial charge in [-0.25, -0.2) is 24.0 Å². The van der Waals surface area contributed by atoms with Gasteiger partial charge in [0.1, 0.15) is 18.0 Å². The molecule has 2 rings (SSSR count). The molecule has 23 heavy (non-hydrogen) atoms. The number of imide groups is 1. The average Bonchev–Trinajstić information content (AvgIpc) is 2.87. The Morgan fingerprint density at radius 2 is 2.17 bits per heavy atom. The van der Waals surface area contributed by atoms with E-state index in [0.717, 1.165) is 4.90 Å². The van der Waals surface area contributed by atoms with Gasteiger partial charge in [-0.2, -0.15) is 0 Å². The van der Waals surface area contributed by atoms with E-state index in [-0.39, 0.29) is 19.6 Å². The van der Waals surface area contributed by atoms with Crippen molar-refractivity contribution < 1.29 is 29.0 Å². The minimum atomic E-state index is -1.30. The molecule has 126 valence electrons. The molecule has 1 saturated heterocycles. The number of amides is 2. The molecule has 0 spiro atoms. The molecule has 0 bridgehead atoms. The molecular formula is C14H19N3O6. The van der Waals surface area contributed by atoms with Crippen LogP contribution in [0.3, 0.4) is 0 Å². The molecule has 2 heterocycles. The Morgan fingerprint density at radius 3 is 2.78 bits per heavy atom. The molecule has 1 aromatic heterocycles. The van der Waals surface area contributed by atoms with Crippen LogP contribution in [0.15, 0.2) is 12.5 Å². The van der Waals surface area contributed by atoms with E-state index in [2.05, 4.69) is 4.98 Å². The van der Waals surface area contributed by atoms with Crippen LogP contribution in [0.5, 0.6) is 0 Å². The summed E-state index contributed by atoms with van der Waals surface area (Å²) in [6.45, 7) is 5.39. The molecule has 9 heteroatoms. The number of ether oxygens (including phenoxy) is 2. The maximum Gasteiger partial charge on any atom is 0.419 e. The lowest BCUT2D eigenvalue weighted by molar-refractivity contribution is -0.149. The second-order valence-electron chi connectivity index (χ2n) is 6.09. The fourth-order valence-corrected chi connectivity index (χ4v) is 2.05. The van der Waals surface area contributed by atoms with Gasteiger partial charge in [0, 0.05) is 12.6 Å². The largest absolute Gasteiger partial charge is 0.465 e. The number of carbonyl (C=O) groups is 3. The minimum Gasteiger partial charge on any atom is -0.465 e. The number of hydrogen-bond acceptors (Lipinski definition) is 6. The van der Waals surface area contributed by atoms with Crippen LogP contribution in [0.1, 0.15) is 26.5 Å². The number of carbonyl (C=O) groups excluding carboxylic acids is 2. The predicted molar refractivity (Wildman–Crippen MR) is 77.0 cm³/mol. The average molecular weight is 325 g/mol. The summed E-state index contributed by atoms with van der Waals surface area (Å²) in [5, 5.41) is 8.95. The number of hydrogen-bond donors (Lipinski definition) is 1. The van der Waals surface area contributed by atoms with Crippen molar-refractivity contribution in [3.8, 4) is 0 Å². The maximum atomic E-state index is 12.0. The molecule has 1 N–H and O–H groups in total. The third-order valence-electron chi connectivity index (χ3n) is 3.04. The number of aromatic nitrogens is 2. The predicted octanol–water partition coefficient (Wildman–Crippen LogP) is 1.11. The fraction of sp³-hybridized carbons (Fsp3) is 0.571. The molecule has 0 aliphatic carbocycles. The Kier molecular flexibility index (Phi) is 4.69. The molecular weight excluding hydrogens is 306 g/mol. The Hall–Kier alpha value is -2.42. The summed E-state index contributed by atoms with van der Waals surface area (Å²) in [6.07, 6.45) is -0.0159. The van der Waals surface area contributed by atoms with Crippen molar-refractivity contribution in [2.75, 3.05) is 13.2 Å². The molecule has 1 atom stereocenters. The van der Waals surface area contributed by atoms with Gasteiger partial charge in [-0.1, -0.05) is 0 Å². The summed E-state index contributed by atoms with van der Waals surface area (Å²) < 4.78 is 11.7. The highest BCUT2D eigenvalue weighted by molar-refractivity contribution is 5.94. The lowest BCUT2D eigenvalue weighted by Gasteiger charge is -2.28. The molecule has 0 unspecified atom stereocenters. The van der Waals surface area contributed by atoms with Crippen LogP contribution >= 0.6 is 0 Å². The normalized spacial score (nSPS) is 18.8. The molecule has 1 fully saturated rings. The molecule has 1 aliphatic heterocycles. The molecule has 1 aromatic rings. The lowest BCUT2D eigenvalue weighted by Crippen LogP contribution is -2.50. The van der Waals surface area contributed by atoms with Gasteiger partial charge in [-0.15, -0.1) is 0 Å². The second-order valence-corrected chi connectivity index (χ2v) is 6.09. The van der Waals surface area contributed by atoms with Crippen molar-refractivity contribution in [3.05, 3.63) is 18.2 Å². The van der Waals surface area contributed by atoms with Crippen LogP contribution in [0.25, 0.3) is 0 Å². The first-order valence-corrected chi connectivity index (χ1v) is 7.09. The van der Waals surface area contributed by atoms with E-state index in [9.17, 15) is 14.4 Å². The number of rotatable bonds is 2. The van der Waals surface area contributed by atoms with Gasteiger partial charge < -0.3 is 14.6 Å². The highest BCUT2D eigenvalue weighted by Gasteiger charge is 2.34. The number of morpholine rings is 1. The minimum absolute atomic E-state index is 0.0109. The highest BCUT2D eigenvalue weighted by Crippen LogP contribution is 2.14. The van der Waals surface area contributed by atoms with Gasteiger partial charge in [0.05, 0.1) is 18.8 Å². The first-order valence-electron chi connectivity index (χ1n) is 7.09. The van der Waals surface area contributed by atoms with Crippen LogP contribution in [0.4, 0.5) is 9.59 Å². The Balaban J connectivity index is 2.03. The van der Waals surface area contributed by atoms with E-state index in [0.29, 0.717) is 5.69 Å². The summed E-state index contributed by atoms with van der Waals surface area (Å²) in [4.78, 5) is 39.6. The van der Waals surface area contributed by atoms with Gasteiger partial charge >= 0.3 is 12.2 Å². The summed E-state index contributed by atoms with van der Waals surface area (Å²) in [6, 6.07) is 0. The van der Waals surface area contributed by atoms with E-state index < -0.39 is 29.8 Å². The van der Waals surface area contributed by atoms with Crippen molar-refractivity contribution >= 4 is 18.1 Å². The van der Waals surface area contributed by atoms with E-state index in [1.165, 1.54) is 17.1 Å². The van der Waals surface area contributed by atoms with Crippen LogP contribution in [0, 0.1) is 0 Å². The monoisotopic (exact) mass is 325 g/mol. The van der Waals surface area contributed by atoms with E-state index in [1.54, 1.807) is 20.8 Å². The first-order chi connectivity index (χ1) is 10.7. The van der Waals surface area contributed by atoms with Gasteiger partial charge in [-0.05, 0) is 20.8 Å². The number of carboxylic acid groups (broad SMARTS) is 1. The van der Waals surface area contributed by atoms with E-state index in [4.69, 9.17) is 14.6 Å². The van der Waals surface area contributed by atoms with E-state index in [1.807, 2.05) is 0 Å². The standard InChI is InChI=1S/C14H19N3O6/c1-14(2,3)23-13(21)16-7-9(15-8-16)6-10-11(18)17(12(19)20)4-5-22-10/h7-8,10H,4-6H2,1-3H3,(H,19,20)/t10-/m0/s1. The maximum absolute atomic E-state index is 12.0. The molecule has 1 aliphatic rings. The first kappa shape index (κ1) is 16.9. The third kappa shape index (κ3) is 4.28. The molecule has 2 amide bonds. The SMILES string of the molecule is CC(C)(C)OC(=O)n1cnc(C[C@@H]2OCCN(C(=O)O)C2=O)c1. The molecule has 0 radical (unpaired) electrons. The van der Waals surface area contributed by atoms with Gasteiger partial charge in [0.2, 0.25) is 0 Å². The van der Waals surface area contributed by atoms with Crippen molar-refractivity contribution in [2.24, 2.45) is 0 Å². The van der Waals surface area contributed by atoms with Crippen LogP contribution in [-0.4, -0.2) is 62.5 Å². The van der Waals surface area contributed by atoms with Crippen molar-refractivity contribution in [3.63, 3.8) is 0 Å². The zero-order valence-corrected chi connectivity index (χ0v) is 13.2. The number of nitrogens with zero attached hydrogens (tertiary/aromatic N) is 3. The Labute approximate surface area is 132 Å². The smallest absolute Gasteiger partial charge is 0.419 e. The summed E-state index contributed by atoms with van der Waals surface area (Å²) in [5.41, 5.74) is -0.201. The van der Waals surface area contributed by atoms with E-state index >= 15 is 0 Å². The topological polar surface area (TPSA) is 111 Å². The summed E-state index contributed by atoms with van der Waals surface area (Å²) >= 11 is 0. The van der Waals surface area contributed by atoms with Crippen molar-refractivity contribution in [1.82, 2.24) is 14.5 Å². The van der Waals surface area contributed by atoms with Gasteiger partial charge in [-0.3, -0.25) is 4.79 Å². The van der Waals surface area contributed by atoms with Crippen LogP contribution in [0.2, 0.25) is 0 Å². The van der Waals surface area contributed by atoms with Gasteiger partial charge in [0.15, 0.2) is 0 Å². The van der Waals surface area contributed by atoms with Crippen LogP contribution < -0.4 is 0 Å². The lowest BCUT2D eigenvalue weighted by atomic mass is 10.1. The van der Waals surface area contributed by atoms with Crippen molar-refractivity contribution in [2.45, 2.75) is 38.9 Å². The Morgan fingerprint density at radius 1 is 1.48 bits per heavy atom. The van der Waals surface area contributed by atoms with Gasteiger partial charge in [0.25, 0.3) is 5.91 Å². The second kappa shape index (κ2) is 6.37. The molecule has 0 saturated carbocycles. The molecule has 0 aromatic carbocycles.